The fourth-order valence-corrected chi connectivity index (χ4v) is 2.64. The number of hydrogen-bond donors (Lipinski definition) is 1. The Balaban J connectivity index is 0.000000316. The second kappa shape index (κ2) is 8.53. The standard InChI is InChI=1S/C18H23N.C6H6/c1-13-11-15(18(3,4)5)12-14(2)17(13)19-16-9-7-6-8-10-16;1-2-4-6-5-3-1/h6-12,19H,1-5H3;1-6H. The molecule has 3 aromatic rings. The summed E-state index contributed by atoms with van der Waals surface area (Å²) < 4.78 is 0. The summed E-state index contributed by atoms with van der Waals surface area (Å²) in [4.78, 5) is 0. The van der Waals surface area contributed by atoms with E-state index < -0.39 is 0 Å². The van der Waals surface area contributed by atoms with Gasteiger partial charge in [-0.05, 0) is 48.1 Å². The topological polar surface area (TPSA) is 12.0 Å². The highest BCUT2D eigenvalue weighted by molar-refractivity contribution is 5.67. The monoisotopic (exact) mass is 331 g/mol. The van der Waals surface area contributed by atoms with Crippen LogP contribution >= 0.6 is 0 Å². The van der Waals surface area contributed by atoms with Crippen LogP contribution in [0.5, 0.6) is 0 Å². The van der Waals surface area contributed by atoms with Crippen molar-refractivity contribution >= 4 is 11.4 Å². The van der Waals surface area contributed by atoms with Crippen LogP contribution in [-0.2, 0) is 5.41 Å². The van der Waals surface area contributed by atoms with Crippen LogP contribution in [-0.4, -0.2) is 0 Å². The van der Waals surface area contributed by atoms with Crippen LogP contribution in [0.2, 0.25) is 0 Å². The summed E-state index contributed by atoms with van der Waals surface area (Å²) in [5.74, 6) is 0. The maximum absolute atomic E-state index is 3.52. The normalized spacial score (nSPS) is 10.6. The molecule has 1 heteroatoms. The molecule has 0 spiro atoms. The van der Waals surface area contributed by atoms with Crippen LogP contribution in [0.3, 0.4) is 0 Å². The van der Waals surface area contributed by atoms with Crippen LogP contribution in [0.25, 0.3) is 0 Å². The number of aryl methyl sites for hydroxylation is 2. The van der Waals surface area contributed by atoms with Gasteiger partial charge in [0.15, 0.2) is 0 Å². The Hall–Kier alpha value is -2.54. The predicted molar refractivity (Wildman–Crippen MR) is 111 cm³/mol. The van der Waals surface area contributed by atoms with Crippen molar-refractivity contribution < 1.29 is 0 Å². The summed E-state index contributed by atoms with van der Waals surface area (Å²) in [5, 5.41) is 3.52. The summed E-state index contributed by atoms with van der Waals surface area (Å²) in [6.45, 7) is 11.1. The smallest absolute Gasteiger partial charge is 0.0443 e. The van der Waals surface area contributed by atoms with Crippen LogP contribution < -0.4 is 5.32 Å². The third-order valence-corrected chi connectivity index (χ3v) is 4.11. The first-order valence-electron chi connectivity index (χ1n) is 8.82. The molecule has 25 heavy (non-hydrogen) atoms. The van der Waals surface area contributed by atoms with Crippen molar-refractivity contribution in [1.29, 1.82) is 0 Å². The van der Waals surface area contributed by atoms with Gasteiger partial charge in [-0.3, -0.25) is 0 Å². The van der Waals surface area contributed by atoms with Gasteiger partial charge in [0.2, 0.25) is 0 Å². The molecule has 3 aromatic carbocycles. The number of nitrogens with one attached hydrogen (secondary N) is 1. The first-order chi connectivity index (χ1) is 11.9. The number of anilines is 2. The summed E-state index contributed by atoms with van der Waals surface area (Å²) in [5.41, 5.74) is 6.54. The Morgan fingerprint density at radius 3 is 1.44 bits per heavy atom. The predicted octanol–water partition coefficient (Wildman–Crippen LogP) is 7.03. The third-order valence-electron chi connectivity index (χ3n) is 4.11. The maximum Gasteiger partial charge on any atom is 0.0443 e. The molecule has 0 amide bonds. The summed E-state index contributed by atoms with van der Waals surface area (Å²) in [6, 6.07) is 26.9. The van der Waals surface area contributed by atoms with Crippen molar-refractivity contribution in [2.75, 3.05) is 5.32 Å². The molecule has 0 radical (unpaired) electrons. The average Bonchev–Trinajstić information content (AvgIpc) is 2.60. The molecule has 0 saturated heterocycles. The Morgan fingerprint density at radius 1 is 0.640 bits per heavy atom. The van der Waals surface area contributed by atoms with Crippen molar-refractivity contribution in [2.24, 2.45) is 0 Å². The van der Waals surface area contributed by atoms with E-state index in [0.717, 1.165) is 5.69 Å². The number of rotatable bonds is 2. The maximum atomic E-state index is 3.52. The van der Waals surface area contributed by atoms with E-state index in [2.05, 4.69) is 76.3 Å². The lowest BCUT2D eigenvalue weighted by molar-refractivity contribution is 0.589. The molecule has 1 nitrogen and oxygen atoms in total. The summed E-state index contributed by atoms with van der Waals surface area (Å²) in [6.07, 6.45) is 0. The largest absolute Gasteiger partial charge is 0.355 e. The number of para-hydroxylation sites is 1. The molecule has 0 aliphatic heterocycles. The van der Waals surface area contributed by atoms with Gasteiger partial charge < -0.3 is 5.32 Å². The van der Waals surface area contributed by atoms with Crippen LogP contribution in [0.15, 0.2) is 78.9 Å². The highest BCUT2D eigenvalue weighted by Crippen LogP contribution is 2.31. The van der Waals surface area contributed by atoms with Gasteiger partial charge in [-0.1, -0.05) is 87.5 Å². The summed E-state index contributed by atoms with van der Waals surface area (Å²) >= 11 is 0. The molecule has 0 fully saturated rings. The molecule has 0 unspecified atom stereocenters. The highest BCUT2D eigenvalue weighted by atomic mass is 14.9. The van der Waals surface area contributed by atoms with Crippen LogP contribution in [0.4, 0.5) is 11.4 Å². The average molecular weight is 332 g/mol. The minimum atomic E-state index is 0.195. The van der Waals surface area contributed by atoms with E-state index >= 15 is 0 Å². The lowest BCUT2D eigenvalue weighted by Crippen LogP contribution is -2.12. The van der Waals surface area contributed by atoms with Gasteiger partial charge >= 0.3 is 0 Å². The minimum Gasteiger partial charge on any atom is -0.355 e. The quantitative estimate of drug-likeness (QED) is 0.531. The van der Waals surface area contributed by atoms with Gasteiger partial charge in [0.1, 0.15) is 0 Å². The third kappa shape index (κ3) is 5.79. The van der Waals surface area contributed by atoms with Gasteiger partial charge in [-0.15, -0.1) is 0 Å². The van der Waals surface area contributed by atoms with E-state index in [9.17, 15) is 0 Å². The van der Waals surface area contributed by atoms with E-state index in [4.69, 9.17) is 0 Å². The van der Waals surface area contributed by atoms with E-state index in [1.54, 1.807) is 0 Å². The van der Waals surface area contributed by atoms with Gasteiger partial charge in [0.05, 0.1) is 0 Å². The minimum absolute atomic E-state index is 0.195. The fourth-order valence-electron chi connectivity index (χ4n) is 2.64. The van der Waals surface area contributed by atoms with Crippen molar-refractivity contribution in [1.82, 2.24) is 0 Å². The Kier molecular flexibility index (Phi) is 6.41. The van der Waals surface area contributed by atoms with Crippen molar-refractivity contribution in [2.45, 2.75) is 40.0 Å². The Morgan fingerprint density at radius 2 is 1.04 bits per heavy atom. The van der Waals surface area contributed by atoms with Crippen LogP contribution in [0.1, 0.15) is 37.5 Å². The Labute approximate surface area is 152 Å². The SMILES string of the molecule is Cc1cc(C(C)(C)C)cc(C)c1Nc1ccccc1.c1ccccc1. The highest BCUT2D eigenvalue weighted by Gasteiger charge is 2.16. The molecule has 0 aromatic heterocycles. The second-order valence-corrected chi connectivity index (χ2v) is 7.38. The lowest BCUT2D eigenvalue weighted by Gasteiger charge is -2.23. The first kappa shape index (κ1) is 18.8. The molecule has 0 atom stereocenters. The molecule has 130 valence electrons. The molecule has 0 saturated carbocycles. The van der Waals surface area contributed by atoms with E-state index in [1.807, 2.05) is 42.5 Å². The molecule has 3 rings (SSSR count). The van der Waals surface area contributed by atoms with E-state index in [-0.39, 0.29) is 5.41 Å². The molecular weight excluding hydrogens is 302 g/mol. The van der Waals surface area contributed by atoms with Crippen molar-refractivity contribution in [3.05, 3.63) is 95.6 Å². The van der Waals surface area contributed by atoms with Crippen LogP contribution in [0, 0.1) is 13.8 Å². The van der Waals surface area contributed by atoms with Gasteiger partial charge in [-0.25, -0.2) is 0 Å². The fraction of sp³-hybridized carbons (Fsp3) is 0.250. The van der Waals surface area contributed by atoms with Gasteiger partial charge in [-0.2, -0.15) is 0 Å². The zero-order chi connectivity index (χ0) is 18.3. The van der Waals surface area contributed by atoms with Crippen molar-refractivity contribution in [3.8, 4) is 0 Å². The van der Waals surface area contributed by atoms with E-state index in [0.29, 0.717) is 0 Å². The zero-order valence-corrected chi connectivity index (χ0v) is 16.0. The second-order valence-electron chi connectivity index (χ2n) is 7.38. The molecule has 0 aliphatic carbocycles. The molecule has 1 N–H and O–H groups in total. The van der Waals surface area contributed by atoms with E-state index in [1.165, 1.54) is 22.4 Å². The molecular formula is C24H29N. The van der Waals surface area contributed by atoms with Gasteiger partial charge in [0.25, 0.3) is 0 Å². The molecule has 0 bridgehead atoms. The number of hydrogen-bond acceptors (Lipinski definition) is 1. The molecule has 0 heterocycles. The van der Waals surface area contributed by atoms with Gasteiger partial charge in [0, 0.05) is 11.4 Å². The summed E-state index contributed by atoms with van der Waals surface area (Å²) in [7, 11) is 0. The number of benzene rings is 3. The van der Waals surface area contributed by atoms with Crippen molar-refractivity contribution in [3.63, 3.8) is 0 Å². The Bertz CT molecular complexity index is 718. The lowest BCUT2D eigenvalue weighted by atomic mass is 9.85. The molecule has 0 aliphatic rings. The first-order valence-corrected chi connectivity index (χ1v) is 8.82. The zero-order valence-electron chi connectivity index (χ0n) is 16.0.